The first kappa shape index (κ1) is 12.1. The molecule has 17 heavy (non-hydrogen) atoms. The molecule has 1 N–H and O–H groups in total. The highest BCUT2D eigenvalue weighted by molar-refractivity contribution is 5.26. The van der Waals surface area contributed by atoms with Crippen molar-refractivity contribution in [3.63, 3.8) is 0 Å². The van der Waals surface area contributed by atoms with Gasteiger partial charge in [-0.1, -0.05) is 13.0 Å². The minimum Gasteiger partial charge on any atom is -0.496 e. The molecule has 92 valence electrons. The molecule has 0 fully saturated rings. The normalized spacial score (nSPS) is 17.2. The Morgan fingerprint density at radius 2 is 2.35 bits per heavy atom. The van der Waals surface area contributed by atoms with E-state index in [4.69, 9.17) is 4.74 Å². The minimum atomic E-state index is 0.146. The van der Waals surface area contributed by atoms with Crippen molar-refractivity contribution in [3.05, 3.63) is 41.4 Å². The molecule has 3 nitrogen and oxygen atoms in total. The predicted molar refractivity (Wildman–Crippen MR) is 68.7 cm³/mol. The molecule has 1 aromatic rings. The van der Waals surface area contributed by atoms with Crippen LogP contribution < -0.4 is 5.32 Å². The van der Waals surface area contributed by atoms with Gasteiger partial charge in [-0.25, -0.2) is 0 Å². The molecule has 1 atom stereocenters. The monoisotopic (exact) mass is 232 g/mol. The van der Waals surface area contributed by atoms with Crippen LogP contribution in [0, 0.1) is 6.92 Å². The molecule has 3 heteroatoms. The van der Waals surface area contributed by atoms with Crippen LogP contribution in [0.3, 0.4) is 0 Å². The highest BCUT2D eigenvalue weighted by atomic mass is 16.5. The summed E-state index contributed by atoms with van der Waals surface area (Å²) in [6, 6.07) is 2.31. The van der Waals surface area contributed by atoms with Crippen molar-refractivity contribution in [2.45, 2.75) is 32.7 Å². The summed E-state index contributed by atoms with van der Waals surface area (Å²) < 4.78 is 5.76. The van der Waals surface area contributed by atoms with Crippen molar-refractivity contribution in [1.82, 2.24) is 10.3 Å². The Labute approximate surface area is 103 Å². The number of allylic oxidation sites excluding steroid dienone is 1. The summed E-state index contributed by atoms with van der Waals surface area (Å²) in [5.74, 6) is 1.05. The molecule has 1 unspecified atom stereocenters. The van der Waals surface area contributed by atoms with Gasteiger partial charge in [0.05, 0.1) is 12.6 Å². The molecule has 1 aromatic heterocycles. The summed E-state index contributed by atoms with van der Waals surface area (Å²) in [6.07, 6.45) is 8.21. The van der Waals surface area contributed by atoms with E-state index in [2.05, 4.69) is 36.3 Å². The van der Waals surface area contributed by atoms with Gasteiger partial charge in [-0.05, 0) is 43.5 Å². The Morgan fingerprint density at radius 1 is 1.47 bits per heavy atom. The maximum absolute atomic E-state index is 5.76. The molecule has 2 heterocycles. The average Bonchev–Trinajstić information content (AvgIpc) is 2.37. The molecule has 0 aliphatic carbocycles. The zero-order chi connectivity index (χ0) is 12.1. The minimum absolute atomic E-state index is 0.146. The van der Waals surface area contributed by atoms with E-state index < -0.39 is 0 Å². The lowest BCUT2D eigenvalue weighted by molar-refractivity contribution is 0.168. The number of likely N-dealkylation sites (N-methyl/N-ethyl adjacent to an activating group) is 1. The number of pyridine rings is 1. The molecule has 0 saturated carbocycles. The summed E-state index contributed by atoms with van der Waals surface area (Å²) in [5.41, 5.74) is 2.36. The second-order valence-electron chi connectivity index (χ2n) is 4.38. The number of hydrogen-bond donors (Lipinski definition) is 1. The van der Waals surface area contributed by atoms with E-state index >= 15 is 0 Å². The van der Waals surface area contributed by atoms with E-state index in [1.165, 1.54) is 11.1 Å². The molecule has 0 spiro atoms. The summed E-state index contributed by atoms with van der Waals surface area (Å²) in [4.78, 5) is 4.26. The van der Waals surface area contributed by atoms with Gasteiger partial charge in [0.1, 0.15) is 5.76 Å². The number of ether oxygens (including phenoxy) is 1. The zero-order valence-electron chi connectivity index (χ0n) is 10.6. The van der Waals surface area contributed by atoms with Gasteiger partial charge in [0.15, 0.2) is 0 Å². The van der Waals surface area contributed by atoms with E-state index in [9.17, 15) is 0 Å². The number of nitrogens with zero attached hydrogens (tertiary/aromatic N) is 1. The van der Waals surface area contributed by atoms with Crippen LogP contribution in [0.2, 0.25) is 0 Å². The predicted octanol–water partition coefficient (Wildman–Crippen LogP) is 2.73. The van der Waals surface area contributed by atoms with Gasteiger partial charge in [-0.3, -0.25) is 4.98 Å². The third kappa shape index (κ3) is 3.07. The molecule has 2 rings (SSSR count). The van der Waals surface area contributed by atoms with Crippen LogP contribution in [0.1, 0.15) is 36.9 Å². The number of aryl methyl sites for hydroxylation is 1. The van der Waals surface area contributed by atoms with Gasteiger partial charge in [-0.2, -0.15) is 0 Å². The quantitative estimate of drug-likeness (QED) is 0.866. The lowest BCUT2D eigenvalue weighted by Crippen LogP contribution is -2.25. The van der Waals surface area contributed by atoms with Gasteiger partial charge in [0.25, 0.3) is 0 Å². The summed E-state index contributed by atoms with van der Waals surface area (Å²) in [5, 5.41) is 3.46. The second kappa shape index (κ2) is 5.82. The Morgan fingerprint density at radius 3 is 3.00 bits per heavy atom. The number of nitrogens with one attached hydrogen (secondary N) is 1. The van der Waals surface area contributed by atoms with Crippen LogP contribution >= 0.6 is 0 Å². The first-order valence-electron chi connectivity index (χ1n) is 6.29. The maximum atomic E-state index is 5.76. The summed E-state index contributed by atoms with van der Waals surface area (Å²) >= 11 is 0. The van der Waals surface area contributed by atoms with Crippen molar-refractivity contribution in [3.8, 4) is 0 Å². The van der Waals surface area contributed by atoms with E-state index in [-0.39, 0.29) is 6.04 Å². The maximum Gasteiger partial charge on any atom is 0.113 e. The Bertz CT molecular complexity index is 401. The lowest BCUT2D eigenvalue weighted by atomic mass is 10.0. The van der Waals surface area contributed by atoms with E-state index in [1.807, 2.05) is 12.4 Å². The summed E-state index contributed by atoms with van der Waals surface area (Å²) in [6.45, 7) is 5.92. The number of aromatic nitrogens is 1. The van der Waals surface area contributed by atoms with Crippen molar-refractivity contribution in [1.29, 1.82) is 0 Å². The van der Waals surface area contributed by atoms with Gasteiger partial charge in [0, 0.05) is 12.4 Å². The third-order valence-corrected chi connectivity index (χ3v) is 2.88. The van der Waals surface area contributed by atoms with Crippen molar-refractivity contribution < 1.29 is 4.74 Å². The molecule has 0 aromatic carbocycles. The van der Waals surface area contributed by atoms with Gasteiger partial charge >= 0.3 is 0 Å². The number of hydrogen-bond acceptors (Lipinski definition) is 3. The largest absolute Gasteiger partial charge is 0.496 e. The van der Waals surface area contributed by atoms with Gasteiger partial charge in [0.2, 0.25) is 0 Å². The van der Waals surface area contributed by atoms with E-state index in [1.54, 1.807) is 0 Å². The molecule has 0 radical (unpaired) electrons. The van der Waals surface area contributed by atoms with Crippen LogP contribution in [-0.2, 0) is 4.74 Å². The Hall–Kier alpha value is -1.35. The summed E-state index contributed by atoms with van der Waals surface area (Å²) in [7, 11) is 0. The van der Waals surface area contributed by atoms with Gasteiger partial charge < -0.3 is 10.1 Å². The SMILES string of the molecule is CCNC(C1=CCCCO1)c1cncc(C)c1. The fourth-order valence-electron chi connectivity index (χ4n) is 2.10. The third-order valence-electron chi connectivity index (χ3n) is 2.88. The first-order chi connectivity index (χ1) is 8.31. The molecule has 0 bridgehead atoms. The average molecular weight is 232 g/mol. The fraction of sp³-hybridized carbons (Fsp3) is 0.500. The van der Waals surface area contributed by atoms with Crippen molar-refractivity contribution >= 4 is 0 Å². The van der Waals surface area contributed by atoms with E-state index in [0.29, 0.717) is 0 Å². The van der Waals surface area contributed by atoms with Crippen LogP contribution in [-0.4, -0.2) is 18.1 Å². The second-order valence-corrected chi connectivity index (χ2v) is 4.38. The molecular weight excluding hydrogens is 212 g/mol. The molecule has 0 saturated heterocycles. The molecule has 0 amide bonds. The molecular formula is C14H20N2O. The van der Waals surface area contributed by atoms with Gasteiger partial charge in [-0.15, -0.1) is 0 Å². The highest BCUT2D eigenvalue weighted by Gasteiger charge is 2.19. The standard InChI is InChI=1S/C14H20N2O/c1-3-16-14(13-6-4-5-7-17-13)12-8-11(2)9-15-10-12/h6,8-10,14,16H,3-5,7H2,1-2H3. The molecule has 1 aliphatic heterocycles. The van der Waals surface area contributed by atoms with E-state index in [0.717, 1.165) is 31.8 Å². The Balaban J connectivity index is 2.24. The molecule has 1 aliphatic rings. The van der Waals surface area contributed by atoms with Crippen LogP contribution in [0.4, 0.5) is 0 Å². The number of rotatable bonds is 4. The van der Waals surface area contributed by atoms with Crippen LogP contribution in [0.15, 0.2) is 30.3 Å². The highest BCUT2D eigenvalue weighted by Crippen LogP contribution is 2.25. The fourth-order valence-corrected chi connectivity index (χ4v) is 2.10. The topological polar surface area (TPSA) is 34.1 Å². The van der Waals surface area contributed by atoms with Crippen LogP contribution in [0.5, 0.6) is 0 Å². The first-order valence-corrected chi connectivity index (χ1v) is 6.29. The van der Waals surface area contributed by atoms with Crippen molar-refractivity contribution in [2.24, 2.45) is 0 Å². The lowest BCUT2D eigenvalue weighted by Gasteiger charge is -2.24. The zero-order valence-corrected chi connectivity index (χ0v) is 10.6. The van der Waals surface area contributed by atoms with Crippen LogP contribution in [0.25, 0.3) is 0 Å². The van der Waals surface area contributed by atoms with Crippen molar-refractivity contribution in [2.75, 3.05) is 13.2 Å². The smallest absolute Gasteiger partial charge is 0.113 e. The Kier molecular flexibility index (Phi) is 4.15.